The van der Waals surface area contributed by atoms with E-state index in [4.69, 9.17) is 16.3 Å². The molecule has 88 valence electrons. The van der Waals surface area contributed by atoms with Gasteiger partial charge in [0.1, 0.15) is 11.6 Å². The molecule has 0 bridgehead atoms. The van der Waals surface area contributed by atoms with Gasteiger partial charge in [0.05, 0.1) is 12.1 Å². The molecule has 17 heavy (non-hydrogen) atoms. The monoisotopic (exact) mass is 250 g/mol. The molecule has 1 aromatic carbocycles. The lowest BCUT2D eigenvalue weighted by Gasteiger charge is -2.06. The molecule has 0 saturated heterocycles. The minimum atomic E-state index is -0.181. The van der Waals surface area contributed by atoms with Crippen molar-refractivity contribution in [3.63, 3.8) is 0 Å². The summed E-state index contributed by atoms with van der Waals surface area (Å²) in [6.45, 7) is 1.77. The highest BCUT2D eigenvalue weighted by atomic mass is 35.5. The van der Waals surface area contributed by atoms with E-state index in [2.05, 4.69) is 9.97 Å². The third-order valence-electron chi connectivity index (χ3n) is 2.29. The predicted octanol–water partition coefficient (Wildman–Crippen LogP) is 2.41. The van der Waals surface area contributed by atoms with E-state index in [0.717, 1.165) is 5.56 Å². The Morgan fingerprint density at radius 3 is 2.71 bits per heavy atom. The summed E-state index contributed by atoms with van der Waals surface area (Å²) in [5, 5.41) is 0.481. The Hall–Kier alpha value is -1.81. The van der Waals surface area contributed by atoms with Crippen LogP contribution in [0.1, 0.15) is 5.69 Å². The number of hydrogen-bond donors (Lipinski definition) is 1. The smallest absolute Gasteiger partial charge is 0.251 e. The molecule has 0 aliphatic rings. The van der Waals surface area contributed by atoms with E-state index in [0.29, 0.717) is 22.3 Å². The van der Waals surface area contributed by atoms with Gasteiger partial charge < -0.3 is 9.72 Å². The molecule has 1 heterocycles. The van der Waals surface area contributed by atoms with Crippen molar-refractivity contribution in [1.82, 2.24) is 9.97 Å². The number of nitrogens with one attached hydrogen (secondary N) is 1. The van der Waals surface area contributed by atoms with Crippen LogP contribution in [-0.4, -0.2) is 17.1 Å². The summed E-state index contributed by atoms with van der Waals surface area (Å²) in [6.07, 6.45) is 0. The Morgan fingerprint density at radius 2 is 2.12 bits per heavy atom. The maximum absolute atomic E-state index is 11.3. The van der Waals surface area contributed by atoms with Crippen LogP contribution in [0.2, 0.25) is 5.02 Å². The molecule has 0 aliphatic heterocycles. The second kappa shape index (κ2) is 4.59. The van der Waals surface area contributed by atoms with Gasteiger partial charge >= 0.3 is 0 Å². The molecule has 1 aromatic heterocycles. The molecule has 0 aliphatic carbocycles. The number of hydrogen-bond acceptors (Lipinski definition) is 3. The molecular formula is C12H11ClN2O2. The van der Waals surface area contributed by atoms with E-state index in [1.54, 1.807) is 32.2 Å². The zero-order chi connectivity index (χ0) is 12.4. The SMILES string of the molecule is COc1ccc(-c2nc(C)cc(=O)[nH]2)cc1Cl. The molecule has 0 radical (unpaired) electrons. The number of ether oxygens (including phenoxy) is 1. The average Bonchev–Trinajstić information content (AvgIpc) is 2.27. The number of halogens is 1. The highest BCUT2D eigenvalue weighted by molar-refractivity contribution is 6.32. The zero-order valence-corrected chi connectivity index (χ0v) is 10.2. The summed E-state index contributed by atoms with van der Waals surface area (Å²) in [4.78, 5) is 18.2. The molecular weight excluding hydrogens is 240 g/mol. The summed E-state index contributed by atoms with van der Waals surface area (Å²) >= 11 is 6.01. The van der Waals surface area contributed by atoms with E-state index in [-0.39, 0.29) is 5.56 Å². The van der Waals surface area contributed by atoms with Gasteiger partial charge in [-0.3, -0.25) is 4.79 Å². The molecule has 0 unspecified atom stereocenters. The molecule has 1 N–H and O–H groups in total. The first-order valence-electron chi connectivity index (χ1n) is 5.02. The number of H-pyrrole nitrogens is 1. The predicted molar refractivity (Wildman–Crippen MR) is 66.6 cm³/mol. The minimum Gasteiger partial charge on any atom is -0.495 e. The summed E-state index contributed by atoms with van der Waals surface area (Å²) in [5.74, 6) is 1.09. The molecule has 5 heteroatoms. The second-order valence-electron chi connectivity index (χ2n) is 3.58. The van der Waals surface area contributed by atoms with Crippen LogP contribution in [0.4, 0.5) is 0 Å². The van der Waals surface area contributed by atoms with Gasteiger partial charge in [-0.1, -0.05) is 11.6 Å². The van der Waals surface area contributed by atoms with Crippen LogP contribution in [0, 0.1) is 6.92 Å². The third kappa shape index (κ3) is 2.47. The van der Waals surface area contributed by atoms with Crippen molar-refractivity contribution in [2.75, 3.05) is 7.11 Å². The number of aromatic amines is 1. The van der Waals surface area contributed by atoms with E-state index >= 15 is 0 Å². The first-order valence-corrected chi connectivity index (χ1v) is 5.40. The molecule has 0 atom stereocenters. The maximum atomic E-state index is 11.3. The Balaban J connectivity index is 2.53. The quantitative estimate of drug-likeness (QED) is 0.891. The minimum absolute atomic E-state index is 0.181. The molecule has 0 saturated carbocycles. The van der Waals surface area contributed by atoms with Crippen molar-refractivity contribution in [2.24, 2.45) is 0 Å². The number of aryl methyl sites for hydroxylation is 1. The molecule has 0 amide bonds. The van der Waals surface area contributed by atoms with Crippen molar-refractivity contribution in [3.8, 4) is 17.1 Å². The van der Waals surface area contributed by atoms with Gasteiger partial charge in [-0.15, -0.1) is 0 Å². The van der Waals surface area contributed by atoms with Crippen LogP contribution < -0.4 is 10.3 Å². The van der Waals surface area contributed by atoms with E-state index in [1.807, 2.05) is 0 Å². The topological polar surface area (TPSA) is 55.0 Å². The lowest BCUT2D eigenvalue weighted by atomic mass is 10.2. The van der Waals surface area contributed by atoms with Gasteiger partial charge in [0.2, 0.25) is 0 Å². The fourth-order valence-corrected chi connectivity index (χ4v) is 1.79. The van der Waals surface area contributed by atoms with Gasteiger partial charge in [-0.2, -0.15) is 0 Å². The summed E-state index contributed by atoms with van der Waals surface area (Å²) in [7, 11) is 1.55. The fourth-order valence-electron chi connectivity index (χ4n) is 1.53. The highest BCUT2D eigenvalue weighted by Gasteiger charge is 2.06. The Bertz CT molecular complexity index is 608. The lowest BCUT2D eigenvalue weighted by Crippen LogP contribution is -2.08. The van der Waals surface area contributed by atoms with Gasteiger partial charge in [-0.05, 0) is 25.1 Å². The first-order chi connectivity index (χ1) is 8.10. The van der Waals surface area contributed by atoms with Crippen molar-refractivity contribution < 1.29 is 4.74 Å². The van der Waals surface area contributed by atoms with E-state index < -0.39 is 0 Å². The second-order valence-corrected chi connectivity index (χ2v) is 3.99. The van der Waals surface area contributed by atoms with Gasteiger partial charge in [-0.25, -0.2) is 4.98 Å². The zero-order valence-electron chi connectivity index (χ0n) is 9.45. The lowest BCUT2D eigenvalue weighted by molar-refractivity contribution is 0.415. The molecule has 2 rings (SSSR count). The van der Waals surface area contributed by atoms with Crippen LogP contribution in [0.5, 0.6) is 5.75 Å². The van der Waals surface area contributed by atoms with Crippen molar-refractivity contribution in [3.05, 3.63) is 45.3 Å². The largest absolute Gasteiger partial charge is 0.495 e. The number of rotatable bonds is 2. The summed E-state index contributed by atoms with van der Waals surface area (Å²) in [6, 6.07) is 6.68. The van der Waals surface area contributed by atoms with Crippen LogP contribution in [0.3, 0.4) is 0 Å². The highest BCUT2D eigenvalue weighted by Crippen LogP contribution is 2.28. The number of nitrogens with zero attached hydrogens (tertiary/aromatic N) is 1. The standard InChI is InChI=1S/C12H11ClN2O2/c1-7-5-11(16)15-12(14-7)8-3-4-10(17-2)9(13)6-8/h3-6H,1-2H3,(H,14,15,16). The van der Waals surface area contributed by atoms with Crippen molar-refractivity contribution >= 4 is 11.6 Å². The third-order valence-corrected chi connectivity index (χ3v) is 2.59. The van der Waals surface area contributed by atoms with Crippen molar-refractivity contribution in [1.29, 1.82) is 0 Å². The summed E-state index contributed by atoms with van der Waals surface area (Å²) in [5.41, 5.74) is 1.23. The van der Waals surface area contributed by atoms with Gasteiger partial charge in [0.25, 0.3) is 5.56 Å². The van der Waals surface area contributed by atoms with Crippen LogP contribution >= 0.6 is 11.6 Å². The Morgan fingerprint density at radius 1 is 1.35 bits per heavy atom. The summed E-state index contributed by atoms with van der Waals surface area (Å²) < 4.78 is 5.06. The number of methoxy groups -OCH3 is 1. The van der Waals surface area contributed by atoms with Crippen LogP contribution in [0.15, 0.2) is 29.1 Å². The van der Waals surface area contributed by atoms with Gasteiger partial charge in [0.15, 0.2) is 0 Å². The van der Waals surface area contributed by atoms with Gasteiger partial charge in [0, 0.05) is 17.3 Å². The maximum Gasteiger partial charge on any atom is 0.251 e. The van der Waals surface area contributed by atoms with Crippen LogP contribution in [0.25, 0.3) is 11.4 Å². The normalized spacial score (nSPS) is 10.3. The molecule has 2 aromatic rings. The average molecular weight is 251 g/mol. The van der Waals surface area contributed by atoms with Crippen molar-refractivity contribution in [2.45, 2.75) is 6.92 Å². The number of benzene rings is 1. The molecule has 0 spiro atoms. The Kier molecular flexibility index (Phi) is 3.15. The first kappa shape index (κ1) is 11.7. The fraction of sp³-hybridized carbons (Fsp3) is 0.167. The van der Waals surface area contributed by atoms with E-state index in [9.17, 15) is 4.79 Å². The Labute approximate surface area is 103 Å². The van der Waals surface area contributed by atoms with E-state index in [1.165, 1.54) is 6.07 Å². The molecule has 0 fully saturated rings. The van der Waals surface area contributed by atoms with Crippen LogP contribution in [-0.2, 0) is 0 Å². The molecule has 4 nitrogen and oxygen atoms in total. The number of aromatic nitrogens is 2.